The summed E-state index contributed by atoms with van der Waals surface area (Å²) in [5.74, 6) is 0. The molecular formula is C8H13ClN2O4S3. The summed E-state index contributed by atoms with van der Waals surface area (Å²) in [4.78, 5) is -0.195. The molecule has 0 unspecified atom stereocenters. The maximum absolute atomic E-state index is 11.9. The zero-order valence-electron chi connectivity index (χ0n) is 10.2. The molecule has 1 aromatic rings. The normalized spacial score (nSPS) is 13.5. The van der Waals surface area contributed by atoms with E-state index in [1.807, 2.05) is 0 Å². The van der Waals surface area contributed by atoms with Crippen molar-refractivity contribution in [2.75, 3.05) is 28.2 Å². The third kappa shape index (κ3) is 2.70. The lowest BCUT2D eigenvalue weighted by molar-refractivity contribution is 0.520. The van der Waals surface area contributed by atoms with Gasteiger partial charge in [-0.3, -0.25) is 0 Å². The summed E-state index contributed by atoms with van der Waals surface area (Å²) in [5.41, 5.74) is 0. The van der Waals surface area contributed by atoms with E-state index in [1.165, 1.54) is 28.2 Å². The van der Waals surface area contributed by atoms with Gasteiger partial charge in [0.25, 0.3) is 10.0 Å². The lowest BCUT2D eigenvalue weighted by atomic mass is 10.7. The molecule has 1 rings (SSSR count). The van der Waals surface area contributed by atoms with Gasteiger partial charge in [-0.2, -0.15) is 0 Å². The van der Waals surface area contributed by atoms with Crippen LogP contribution in [-0.2, 0) is 20.0 Å². The van der Waals surface area contributed by atoms with Crippen LogP contribution in [0.5, 0.6) is 0 Å². The van der Waals surface area contributed by atoms with E-state index in [9.17, 15) is 16.8 Å². The molecule has 0 saturated heterocycles. The maximum atomic E-state index is 11.9. The van der Waals surface area contributed by atoms with Gasteiger partial charge in [0, 0.05) is 28.2 Å². The molecule has 0 aliphatic heterocycles. The van der Waals surface area contributed by atoms with E-state index in [2.05, 4.69) is 0 Å². The maximum Gasteiger partial charge on any atom is 0.252 e. The third-order valence-electron chi connectivity index (χ3n) is 2.13. The fourth-order valence-electron chi connectivity index (χ4n) is 1.01. The molecule has 0 bridgehead atoms. The minimum atomic E-state index is -3.74. The van der Waals surface area contributed by atoms with E-state index >= 15 is 0 Å². The van der Waals surface area contributed by atoms with Crippen LogP contribution in [0.3, 0.4) is 0 Å². The molecule has 0 fully saturated rings. The van der Waals surface area contributed by atoms with Crippen molar-refractivity contribution in [1.29, 1.82) is 0 Å². The Morgan fingerprint density at radius 2 is 1.44 bits per heavy atom. The average molecular weight is 333 g/mol. The van der Waals surface area contributed by atoms with Gasteiger partial charge < -0.3 is 0 Å². The van der Waals surface area contributed by atoms with Crippen molar-refractivity contribution in [3.63, 3.8) is 0 Å². The third-order valence-corrected chi connectivity index (χ3v) is 7.83. The first kappa shape index (κ1) is 15.9. The lowest BCUT2D eigenvalue weighted by Gasteiger charge is -2.10. The number of rotatable bonds is 4. The van der Waals surface area contributed by atoms with E-state index in [0.29, 0.717) is 0 Å². The van der Waals surface area contributed by atoms with Crippen LogP contribution < -0.4 is 0 Å². The average Bonchev–Trinajstić information content (AvgIpc) is 2.60. The number of hydrogen-bond donors (Lipinski definition) is 0. The van der Waals surface area contributed by atoms with Gasteiger partial charge in [-0.25, -0.2) is 25.4 Å². The quantitative estimate of drug-likeness (QED) is 0.821. The highest BCUT2D eigenvalue weighted by molar-refractivity contribution is 7.92. The zero-order valence-corrected chi connectivity index (χ0v) is 13.4. The molecule has 104 valence electrons. The molecule has 1 heterocycles. The van der Waals surface area contributed by atoms with E-state index < -0.39 is 20.0 Å². The fourth-order valence-corrected chi connectivity index (χ4v) is 5.46. The summed E-state index contributed by atoms with van der Waals surface area (Å²) in [7, 11) is -1.99. The van der Waals surface area contributed by atoms with Crippen LogP contribution >= 0.6 is 22.9 Å². The highest BCUT2D eigenvalue weighted by Crippen LogP contribution is 2.35. The molecule has 0 aliphatic rings. The first-order valence-electron chi connectivity index (χ1n) is 4.65. The Bertz CT molecular complexity index is 646. The molecule has 1 aromatic heterocycles. The van der Waals surface area contributed by atoms with E-state index in [-0.39, 0.29) is 13.4 Å². The van der Waals surface area contributed by atoms with Crippen molar-refractivity contribution in [2.24, 2.45) is 0 Å². The molecule has 0 saturated carbocycles. The summed E-state index contributed by atoms with van der Waals surface area (Å²) in [5, 5.41) is 0. The summed E-state index contributed by atoms with van der Waals surface area (Å²) in [6.07, 6.45) is 0. The van der Waals surface area contributed by atoms with E-state index in [1.54, 1.807) is 0 Å². The highest BCUT2D eigenvalue weighted by atomic mass is 35.5. The van der Waals surface area contributed by atoms with Gasteiger partial charge in [-0.05, 0) is 6.07 Å². The summed E-state index contributed by atoms with van der Waals surface area (Å²) in [6.45, 7) is 0. The summed E-state index contributed by atoms with van der Waals surface area (Å²) >= 11 is 6.54. The monoisotopic (exact) mass is 332 g/mol. The molecule has 10 heteroatoms. The molecule has 0 spiro atoms. The number of hydrogen-bond acceptors (Lipinski definition) is 5. The van der Waals surface area contributed by atoms with Crippen LogP contribution in [-0.4, -0.2) is 53.6 Å². The van der Waals surface area contributed by atoms with Crippen molar-refractivity contribution in [2.45, 2.75) is 9.10 Å². The Morgan fingerprint density at radius 3 is 1.83 bits per heavy atom. The smallest absolute Gasteiger partial charge is 0.207 e. The second-order valence-corrected chi connectivity index (χ2v) is 9.93. The Morgan fingerprint density at radius 1 is 1.00 bits per heavy atom. The van der Waals surface area contributed by atoms with Crippen molar-refractivity contribution in [3.05, 3.63) is 10.4 Å². The van der Waals surface area contributed by atoms with Gasteiger partial charge in [-0.15, -0.1) is 11.3 Å². The Hall–Kier alpha value is -0.190. The highest BCUT2D eigenvalue weighted by Gasteiger charge is 2.28. The van der Waals surface area contributed by atoms with Crippen LogP contribution in [0.1, 0.15) is 0 Å². The predicted octanol–water partition coefficient (Wildman–Crippen LogP) is 0.902. The lowest BCUT2D eigenvalue weighted by Crippen LogP contribution is -2.23. The second kappa shape index (κ2) is 5.06. The Kier molecular flexibility index (Phi) is 4.46. The number of halogens is 1. The molecule has 18 heavy (non-hydrogen) atoms. The van der Waals surface area contributed by atoms with Gasteiger partial charge in [0.1, 0.15) is 13.4 Å². The Balaban J connectivity index is 3.45. The predicted molar refractivity (Wildman–Crippen MR) is 71.1 cm³/mol. The van der Waals surface area contributed by atoms with Gasteiger partial charge >= 0.3 is 0 Å². The molecule has 0 N–H and O–H groups in total. The van der Waals surface area contributed by atoms with Crippen molar-refractivity contribution in [3.8, 4) is 0 Å². The number of thiophene rings is 1. The first-order valence-corrected chi connectivity index (χ1v) is 8.73. The first-order chi connectivity index (χ1) is 8.01. The van der Waals surface area contributed by atoms with Crippen LogP contribution in [0.25, 0.3) is 0 Å². The van der Waals surface area contributed by atoms with Crippen LogP contribution in [0.2, 0.25) is 4.34 Å². The van der Waals surface area contributed by atoms with E-state index in [0.717, 1.165) is 26.0 Å². The van der Waals surface area contributed by atoms with Gasteiger partial charge in [0.2, 0.25) is 10.0 Å². The molecule has 0 radical (unpaired) electrons. The van der Waals surface area contributed by atoms with Gasteiger partial charge in [0.05, 0.1) is 0 Å². The molecule has 0 aromatic carbocycles. The van der Waals surface area contributed by atoms with Crippen LogP contribution in [0, 0.1) is 0 Å². The Labute approximate surface area is 116 Å². The molecule has 0 atom stereocenters. The second-order valence-electron chi connectivity index (χ2n) is 3.78. The SMILES string of the molecule is CN(C)S(=O)(=O)c1cc(S(=O)(=O)N(C)C)c(Cl)s1. The van der Waals surface area contributed by atoms with Gasteiger partial charge in [-0.1, -0.05) is 11.6 Å². The topological polar surface area (TPSA) is 74.8 Å². The molecule has 0 amide bonds. The zero-order chi connectivity index (χ0) is 14.3. The van der Waals surface area contributed by atoms with Gasteiger partial charge in [0.15, 0.2) is 0 Å². The van der Waals surface area contributed by atoms with Crippen molar-refractivity contribution >= 4 is 43.0 Å². The minimum absolute atomic E-state index is 0.0656. The molecule has 0 aliphatic carbocycles. The minimum Gasteiger partial charge on any atom is -0.207 e. The summed E-state index contributed by atoms with van der Waals surface area (Å²) < 4.78 is 49.3. The van der Waals surface area contributed by atoms with Crippen LogP contribution in [0.15, 0.2) is 15.2 Å². The van der Waals surface area contributed by atoms with E-state index in [4.69, 9.17) is 11.6 Å². The van der Waals surface area contributed by atoms with Crippen molar-refractivity contribution < 1.29 is 16.8 Å². The number of sulfonamides is 2. The largest absolute Gasteiger partial charge is 0.252 e. The number of nitrogens with zero attached hydrogens (tertiary/aromatic N) is 2. The summed E-state index contributed by atoms with van der Waals surface area (Å²) in [6, 6.07) is 1.08. The molecule has 6 nitrogen and oxygen atoms in total. The van der Waals surface area contributed by atoms with Crippen molar-refractivity contribution in [1.82, 2.24) is 8.61 Å². The van der Waals surface area contributed by atoms with Crippen LogP contribution in [0.4, 0.5) is 0 Å². The molecular weight excluding hydrogens is 320 g/mol. The fraction of sp³-hybridized carbons (Fsp3) is 0.500. The standard InChI is InChI=1S/C8H13ClN2O4S3/c1-10(2)17(12,13)6-5-7(16-8(6)9)18(14,15)11(3)4/h5H,1-4H3.